The summed E-state index contributed by atoms with van der Waals surface area (Å²) in [4.78, 5) is 16.3. The van der Waals surface area contributed by atoms with Crippen LogP contribution in [-0.4, -0.2) is 64.8 Å². The normalized spacial score (nSPS) is 18.0. The summed E-state index contributed by atoms with van der Waals surface area (Å²) < 4.78 is 4.87. The van der Waals surface area contributed by atoms with Gasteiger partial charge in [-0.25, -0.2) is 0 Å². The van der Waals surface area contributed by atoms with Crippen LogP contribution in [0.2, 0.25) is 5.22 Å². The summed E-state index contributed by atoms with van der Waals surface area (Å²) in [5.41, 5.74) is 1.34. The van der Waals surface area contributed by atoms with Crippen LogP contribution in [0.25, 0.3) is 0 Å². The van der Waals surface area contributed by atoms with Crippen LogP contribution >= 0.6 is 11.6 Å². The predicted molar refractivity (Wildman–Crippen MR) is 79.3 cm³/mol. The molecule has 1 fully saturated rings. The minimum atomic E-state index is -0.286. The second-order valence-corrected chi connectivity index (χ2v) is 5.78. The van der Waals surface area contributed by atoms with E-state index in [1.807, 2.05) is 11.8 Å². The summed E-state index contributed by atoms with van der Waals surface area (Å²) in [5, 5.41) is 13.6. The molecule has 1 saturated heterocycles. The number of hydrogen-bond acceptors (Lipinski definition) is 5. The molecule has 118 valence electrons. The number of β-amino-alcohol motifs (C(OH)–C–C–N with tert-alkyl or cyclic N) is 1. The van der Waals surface area contributed by atoms with Crippen LogP contribution in [0.4, 0.5) is 0 Å². The molecule has 0 saturated carbocycles. The molecule has 6 nitrogen and oxygen atoms in total. The molecule has 1 amide bonds. The molecule has 0 aliphatic carbocycles. The summed E-state index contributed by atoms with van der Waals surface area (Å²) in [7, 11) is 0. The molecule has 1 aliphatic rings. The highest BCUT2D eigenvalue weighted by molar-refractivity contribution is 6.29. The maximum absolute atomic E-state index is 12.3. The highest BCUT2D eigenvalue weighted by atomic mass is 35.5. The quantitative estimate of drug-likeness (QED) is 0.881. The Bertz CT molecular complexity index is 464. The van der Waals surface area contributed by atoms with Gasteiger partial charge in [-0.1, -0.05) is 12.1 Å². The molecule has 1 N–H and O–H groups in total. The highest BCUT2D eigenvalue weighted by Gasteiger charge is 2.24. The highest BCUT2D eigenvalue weighted by Crippen LogP contribution is 2.20. The fraction of sp³-hybridized carbons (Fsp3) is 0.714. The second-order valence-electron chi connectivity index (χ2n) is 5.44. The van der Waals surface area contributed by atoms with E-state index in [1.165, 1.54) is 0 Å². The van der Waals surface area contributed by atoms with Crippen molar-refractivity contribution in [1.82, 2.24) is 15.0 Å². The van der Waals surface area contributed by atoms with Gasteiger partial charge in [0.2, 0.25) is 11.1 Å². The lowest BCUT2D eigenvalue weighted by Gasteiger charge is -2.35. The lowest BCUT2D eigenvalue weighted by molar-refractivity contribution is -0.132. The number of aliphatic hydroxyl groups excluding tert-OH is 1. The Morgan fingerprint density at radius 1 is 1.43 bits per heavy atom. The maximum Gasteiger partial charge on any atom is 0.229 e. The fourth-order valence-corrected chi connectivity index (χ4v) is 2.67. The Labute approximate surface area is 129 Å². The smallest absolute Gasteiger partial charge is 0.229 e. The van der Waals surface area contributed by atoms with E-state index in [0.717, 1.165) is 19.5 Å². The lowest BCUT2D eigenvalue weighted by Crippen LogP contribution is -2.50. The van der Waals surface area contributed by atoms with E-state index in [-0.39, 0.29) is 23.7 Å². The number of carbonyl (C=O) groups excluding carboxylic acids is 1. The van der Waals surface area contributed by atoms with Crippen LogP contribution in [0.5, 0.6) is 0 Å². The molecular weight excluding hydrogens is 294 g/mol. The van der Waals surface area contributed by atoms with Crippen LogP contribution in [0.3, 0.4) is 0 Å². The molecule has 0 aromatic carbocycles. The standard InChI is InChI=1S/C14H22ClN3O3/c1-3-11(19)9-17-4-6-18(7-5-17)13(20)8-12-10(2)16-21-14(12)15/h11,19H,3-9H2,1-2H3/t11-/m1/s1. The largest absolute Gasteiger partial charge is 0.392 e. The van der Waals surface area contributed by atoms with Crippen molar-refractivity contribution in [2.75, 3.05) is 32.7 Å². The molecule has 1 aromatic rings. The van der Waals surface area contributed by atoms with Gasteiger partial charge in [0.05, 0.1) is 18.2 Å². The molecule has 1 aromatic heterocycles. The van der Waals surface area contributed by atoms with E-state index in [2.05, 4.69) is 10.1 Å². The zero-order valence-electron chi connectivity index (χ0n) is 12.5. The Balaban J connectivity index is 1.83. The number of amides is 1. The maximum atomic E-state index is 12.3. The number of halogens is 1. The number of aryl methyl sites for hydroxylation is 1. The Hall–Kier alpha value is -1.11. The van der Waals surface area contributed by atoms with Crippen molar-refractivity contribution in [3.63, 3.8) is 0 Å². The van der Waals surface area contributed by atoms with E-state index < -0.39 is 0 Å². The van der Waals surface area contributed by atoms with Crippen LogP contribution in [-0.2, 0) is 11.2 Å². The third-order valence-corrected chi connectivity index (χ3v) is 4.23. The number of hydrogen-bond donors (Lipinski definition) is 1. The number of piperazine rings is 1. The molecule has 2 heterocycles. The van der Waals surface area contributed by atoms with Gasteiger partial charge in [-0.05, 0) is 24.9 Å². The molecule has 2 rings (SSSR count). The fourth-order valence-electron chi connectivity index (χ4n) is 2.43. The molecule has 0 radical (unpaired) electrons. The van der Waals surface area contributed by atoms with E-state index in [9.17, 15) is 9.90 Å². The average molecular weight is 316 g/mol. The monoisotopic (exact) mass is 315 g/mol. The molecule has 1 aliphatic heterocycles. The summed E-state index contributed by atoms with van der Waals surface area (Å²) >= 11 is 5.89. The van der Waals surface area contributed by atoms with Gasteiger partial charge in [-0.2, -0.15) is 0 Å². The van der Waals surface area contributed by atoms with Gasteiger partial charge in [0.1, 0.15) is 0 Å². The van der Waals surface area contributed by atoms with Crippen molar-refractivity contribution in [2.24, 2.45) is 0 Å². The molecule has 0 unspecified atom stereocenters. The van der Waals surface area contributed by atoms with Crippen LogP contribution in [0, 0.1) is 6.92 Å². The first-order chi connectivity index (χ1) is 10.0. The second kappa shape index (κ2) is 7.24. The third kappa shape index (κ3) is 4.18. The van der Waals surface area contributed by atoms with Gasteiger partial charge in [-0.3, -0.25) is 9.69 Å². The number of carbonyl (C=O) groups is 1. The van der Waals surface area contributed by atoms with Crippen molar-refractivity contribution in [3.05, 3.63) is 16.5 Å². The summed E-state index contributed by atoms with van der Waals surface area (Å²) in [6, 6.07) is 0. The molecule has 7 heteroatoms. The Morgan fingerprint density at radius 2 is 2.10 bits per heavy atom. The van der Waals surface area contributed by atoms with Gasteiger partial charge in [0, 0.05) is 38.3 Å². The number of aliphatic hydroxyl groups is 1. The van der Waals surface area contributed by atoms with E-state index >= 15 is 0 Å². The van der Waals surface area contributed by atoms with Gasteiger partial charge >= 0.3 is 0 Å². The van der Waals surface area contributed by atoms with E-state index in [0.29, 0.717) is 30.9 Å². The SMILES string of the molecule is CC[C@@H](O)CN1CCN(C(=O)Cc2c(C)noc2Cl)CC1. The van der Waals surface area contributed by atoms with Crippen molar-refractivity contribution >= 4 is 17.5 Å². The molecule has 0 spiro atoms. The zero-order chi connectivity index (χ0) is 15.4. The molecular formula is C14H22ClN3O3. The predicted octanol–water partition coefficient (Wildman–Crippen LogP) is 1.09. The third-order valence-electron chi connectivity index (χ3n) is 3.93. The summed E-state index contributed by atoms with van der Waals surface area (Å²) in [5.74, 6) is 0.0406. The minimum Gasteiger partial charge on any atom is -0.392 e. The Kier molecular flexibility index (Phi) is 5.61. The summed E-state index contributed by atoms with van der Waals surface area (Å²) in [6.45, 7) is 7.36. The topological polar surface area (TPSA) is 69.8 Å². The number of rotatable bonds is 5. The van der Waals surface area contributed by atoms with Crippen molar-refractivity contribution in [3.8, 4) is 0 Å². The van der Waals surface area contributed by atoms with Gasteiger partial charge < -0.3 is 14.5 Å². The number of aromatic nitrogens is 1. The van der Waals surface area contributed by atoms with Gasteiger partial charge in [0.25, 0.3) is 0 Å². The number of nitrogens with zero attached hydrogens (tertiary/aromatic N) is 3. The lowest BCUT2D eigenvalue weighted by atomic mass is 10.1. The molecule has 1 atom stereocenters. The minimum absolute atomic E-state index is 0.0406. The van der Waals surface area contributed by atoms with Crippen molar-refractivity contribution in [2.45, 2.75) is 32.8 Å². The first-order valence-electron chi connectivity index (χ1n) is 7.30. The van der Waals surface area contributed by atoms with Gasteiger partial charge in [0.15, 0.2) is 0 Å². The van der Waals surface area contributed by atoms with E-state index in [1.54, 1.807) is 6.92 Å². The van der Waals surface area contributed by atoms with Crippen molar-refractivity contribution in [1.29, 1.82) is 0 Å². The van der Waals surface area contributed by atoms with Crippen LogP contribution in [0.15, 0.2) is 4.52 Å². The van der Waals surface area contributed by atoms with Crippen LogP contribution < -0.4 is 0 Å². The summed E-state index contributed by atoms with van der Waals surface area (Å²) in [6.07, 6.45) is 0.696. The molecule has 21 heavy (non-hydrogen) atoms. The zero-order valence-corrected chi connectivity index (χ0v) is 13.3. The van der Waals surface area contributed by atoms with E-state index in [4.69, 9.17) is 16.1 Å². The molecule has 0 bridgehead atoms. The van der Waals surface area contributed by atoms with Gasteiger partial charge in [-0.15, -0.1) is 0 Å². The van der Waals surface area contributed by atoms with Crippen molar-refractivity contribution < 1.29 is 14.4 Å². The first kappa shape index (κ1) is 16.3. The van der Waals surface area contributed by atoms with Crippen LogP contribution in [0.1, 0.15) is 24.6 Å². The average Bonchev–Trinajstić information content (AvgIpc) is 2.79. The first-order valence-corrected chi connectivity index (χ1v) is 7.68. The Morgan fingerprint density at radius 3 is 2.62 bits per heavy atom.